The summed E-state index contributed by atoms with van der Waals surface area (Å²) in [5.74, 6) is -0.146. The smallest absolute Gasteiger partial charge is 0.234 e. The average molecular weight is 227 g/mol. The van der Waals surface area contributed by atoms with Gasteiger partial charge < -0.3 is 11.1 Å². The zero-order valence-corrected chi connectivity index (χ0v) is 10.4. The van der Waals surface area contributed by atoms with Crippen molar-refractivity contribution in [2.45, 2.75) is 44.6 Å². The van der Waals surface area contributed by atoms with Gasteiger partial charge in [0.05, 0.1) is 6.04 Å². The van der Waals surface area contributed by atoms with E-state index in [1.807, 2.05) is 7.05 Å². The van der Waals surface area contributed by atoms with Gasteiger partial charge in [-0.3, -0.25) is 9.69 Å². The van der Waals surface area contributed by atoms with Gasteiger partial charge in [0.2, 0.25) is 5.91 Å². The topological polar surface area (TPSA) is 58.4 Å². The zero-order valence-electron chi connectivity index (χ0n) is 10.4. The van der Waals surface area contributed by atoms with Crippen LogP contribution in [0.5, 0.6) is 0 Å². The molecule has 1 aliphatic heterocycles. The van der Waals surface area contributed by atoms with Crippen LogP contribution in [0.25, 0.3) is 0 Å². The van der Waals surface area contributed by atoms with Gasteiger partial charge in [-0.1, -0.05) is 12.8 Å². The summed E-state index contributed by atoms with van der Waals surface area (Å²) in [7, 11) is 1.99. The standard InChI is InChI=1S/C12H25N3O/c1-14-8-4-2-3-5-9-15-10-6-7-11(15)12(13)16/h11,14H,2-10H2,1H3,(H2,13,16). The third-order valence-electron chi connectivity index (χ3n) is 3.31. The molecule has 4 nitrogen and oxygen atoms in total. The van der Waals surface area contributed by atoms with Gasteiger partial charge >= 0.3 is 0 Å². The maximum Gasteiger partial charge on any atom is 0.234 e. The van der Waals surface area contributed by atoms with Crippen LogP contribution >= 0.6 is 0 Å². The Morgan fingerprint density at radius 1 is 1.38 bits per heavy atom. The van der Waals surface area contributed by atoms with Crippen molar-refractivity contribution >= 4 is 5.91 Å². The van der Waals surface area contributed by atoms with E-state index in [9.17, 15) is 4.79 Å². The lowest BCUT2D eigenvalue weighted by Crippen LogP contribution is -2.40. The molecule has 0 aliphatic carbocycles. The van der Waals surface area contributed by atoms with E-state index < -0.39 is 0 Å². The molecule has 4 heteroatoms. The lowest BCUT2D eigenvalue weighted by Gasteiger charge is -2.21. The van der Waals surface area contributed by atoms with Crippen LogP contribution in [0.15, 0.2) is 0 Å². The SMILES string of the molecule is CNCCCCCCN1CCCC1C(N)=O. The third-order valence-corrected chi connectivity index (χ3v) is 3.31. The first-order chi connectivity index (χ1) is 7.75. The number of nitrogens with zero attached hydrogens (tertiary/aromatic N) is 1. The Morgan fingerprint density at radius 3 is 2.81 bits per heavy atom. The van der Waals surface area contributed by atoms with E-state index in [1.165, 1.54) is 25.7 Å². The van der Waals surface area contributed by atoms with Gasteiger partial charge in [0.1, 0.15) is 0 Å². The summed E-state index contributed by atoms with van der Waals surface area (Å²) in [5, 5.41) is 3.15. The van der Waals surface area contributed by atoms with Crippen molar-refractivity contribution in [2.24, 2.45) is 5.73 Å². The second kappa shape index (κ2) is 7.63. The number of carbonyl (C=O) groups is 1. The fourth-order valence-electron chi connectivity index (χ4n) is 2.39. The van der Waals surface area contributed by atoms with Crippen LogP contribution < -0.4 is 11.1 Å². The minimum atomic E-state index is -0.146. The highest BCUT2D eigenvalue weighted by atomic mass is 16.1. The Morgan fingerprint density at radius 2 is 2.12 bits per heavy atom. The van der Waals surface area contributed by atoms with Gasteiger partial charge in [-0.05, 0) is 52.4 Å². The maximum absolute atomic E-state index is 11.2. The maximum atomic E-state index is 11.2. The number of unbranched alkanes of at least 4 members (excludes halogenated alkanes) is 3. The van der Waals surface area contributed by atoms with Crippen molar-refractivity contribution in [1.82, 2.24) is 10.2 Å². The zero-order chi connectivity index (χ0) is 11.8. The third kappa shape index (κ3) is 4.49. The van der Waals surface area contributed by atoms with E-state index in [0.717, 1.165) is 32.5 Å². The summed E-state index contributed by atoms with van der Waals surface area (Å²) in [6.45, 7) is 3.19. The molecule has 0 aromatic heterocycles. The predicted molar refractivity (Wildman–Crippen MR) is 66.2 cm³/mol. The van der Waals surface area contributed by atoms with E-state index in [0.29, 0.717) is 0 Å². The van der Waals surface area contributed by atoms with Gasteiger partial charge in [0.25, 0.3) is 0 Å². The van der Waals surface area contributed by atoms with Crippen LogP contribution in [-0.2, 0) is 4.79 Å². The molecule has 1 saturated heterocycles. The molecule has 94 valence electrons. The summed E-state index contributed by atoms with van der Waals surface area (Å²) in [5.41, 5.74) is 5.37. The number of primary amides is 1. The minimum Gasteiger partial charge on any atom is -0.368 e. The van der Waals surface area contributed by atoms with Crippen LogP contribution in [-0.4, -0.2) is 43.5 Å². The van der Waals surface area contributed by atoms with E-state index in [1.54, 1.807) is 0 Å². The number of nitrogens with two attached hydrogens (primary N) is 1. The number of hydrogen-bond donors (Lipinski definition) is 2. The van der Waals surface area contributed by atoms with Crippen molar-refractivity contribution in [2.75, 3.05) is 26.7 Å². The molecule has 1 rings (SSSR count). The fraction of sp³-hybridized carbons (Fsp3) is 0.917. The van der Waals surface area contributed by atoms with Crippen molar-refractivity contribution in [3.05, 3.63) is 0 Å². The molecule has 1 fully saturated rings. The van der Waals surface area contributed by atoms with Gasteiger partial charge in [0.15, 0.2) is 0 Å². The van der Waals surface area contributed by atoms with Crippen molar-refractivity contribution in [3.8, 4) is 0 Å². The number of carbonyl (C=O) groups excluding carboxylic acids is 1. The fourth-order valence-corrected chi connectivity index (χ4v) is 2.39. The Labute approximate surface area is 98.6 Å². The van der Waals surface area contributed by atoms with Crippen LogP contribution in [0.4, 0.5) is 0 Å². The molecule has 0 bridgehead atoms. The van der Waals surface area contributed by atoms with Crippen molar-refractivity contribution in [3.63, 3.8) is 0 Å². The summed E-state index contributed by atoms with van der Waals surface area (Å²) in [6, 6.07) is 0.0114. The summed E-state index contributed by atoms with van der Waals surface area (Å²) in [6.07, 6.45) is 7.03. The van der Waals surface area contributed by atoms with E-state index in [2.05, 4.69) is 10.2 Å². The first-order valence-corrected chi connectivity index (χ1v) is 6.43. The highest BCUT2D eigenvalue weighted by molar-refractivity contribution is 5.80. The highest BCUT2D eigenvalue weighted by Gasteiger charge is 2.27. The molecule has 16 heavy (non-hydrogen) atoms. The first kappa shape index (κ1) is 13.5. The Balaban J connectivity index is 2.05. The van der Waals surface area contributed by atoms with E-state index in [-0.39, 0.29) is 11.9 Å². The highest BCUT2D eigenvalue weighted by Crippen LogP contribution is 2.17. The molecule has 3 N–H and O–H groups in total. The van der Waals surface area contributed by atoms with Gasteiger partial charge in [-0.2, -0.15) is 0 Å². The second-order valence-electron chi connectivity index (χ2n) is 4.61. The van der Waals surface area contributed by atoms with Crippen LogP contribution in [0.2, 0.25) is 0 Å². The Kier molecular flexibility index (Phi) is 6.42. The molecular weight excluding hydrogens is 202 g/mol. The normalized spacial score (nSPS) is 21.4. The minimum absolute atomic E-state index is 0.0114. The van der Waals surface area contributed by atoms with Crippen molar-refractivity contribution < 1.29 is 4.79 Å². The van der Waals surface area contributed by atoms with Crippen LogP contribution in [0, 0.1) is 0 Å². The number of hydrogen-bond acceptors (Lipinski definition) is 3. The Hall–Kier alpha value is -0.610. The largest absolute Gasteiger partial charge is 0.368 e. The van der Waals surface area contributed by atoms with Gasteiger partial charge in [-0.15, -0.1) is 0 Å². The molecule has 1 amide bonds. The molecule has 1 atom stereocenters. The molecule has 1 aliphatic rings. The number of likely N-dealkylation sites (tertiary alicyclic amines) is 1. The summed E-state index contributed by atoms with van der Waals surface area (Å²) >= 11 is 0. The van der Waals surface area contributed by atoms with Crippen molar-refractivity contribution in [1.29, 1.82) is 0 Å². The van der Waals surface area contributed by atoms with E-state index in [4.69, 9.17) is 5.73 Å². The molecular formula is C12H25N3O. The quantitative estimate of drug-likeness (QED) is 0.601. The lowest BCUT2D eigenvalue weighted by atomic mass is 10.1. The predicted octanol–water partition coefficient (Wildman–Crippen LogP) is 0.716. The van der Waals surface area contributed by atoms with Gasteiger partial charge in [0, 0.05) is 0 Å². The molecule has 1 heterocycles. The summed E-state index contributed by atoms with van der Waals surface area (Å²) in [4.78, 5) is 13.4. The molecule has 0 radical (unpaired) electrons. The second-order valence-corrected chi connectivity index (χ2v) is 4.61. The van der Waals surface area contributed by atoms with Crippen LogP contribution in [0.1, 0.15) is 38.5 Å². The molecule has 0 aromatic carbocycles. The molecule has 0 saturated carbocycles. The number of amides is 1. The number of rotatable bonds is 8. The summed E-state index contributed by atoms with van der Waals surface area (Å²) < 4.78 is 0. The first-order valence-electron chi connectivity index (χ1n) is 6.43. The van der Waals surface area contributed by atoms with Crippen LogP contribution in [0.3, 0.4) is 0 Å². The molecule has 0 aromatic rings. The molecule has 1 unspecified atom stereocenters. The lowest BCUT2D eigenvalue weighted by molar-refractivity contribution is -0.122. The Bertz CT molecular complexity index is 208. The monoisotopic (exact) mass is 227 g/mol. The van der Waals surface area contributed by atoms with Gasteiger partial charge in [-0.25, -0.2) is 0 Å². The molecule has 0 spiro atoms. The average Bonchev–Trinajstić information content (AvgIpc) is 2.71. The number of nitrogens with one attached hydrogen (secondary N) is 1. The van der Waals surface area contributed by atoms with E-state index >= 15 is 0 Å².